The zero-order chi connectivity index (χ0) is 20.0. The molecule has 1 fully saturated rings. The van der Waals surface area contributed by atoms with Gasteiger partial charge in [-0.2, -0.15) is 4.31 Å². The van der Waals surface area contributed by atoms with Crippen molar-refractivity contribution >= 4 is 21.6 Å². The van der Waals surface area contributed by atoms with Crippen LogP contribution in [0.25, 0.3) is 0 Å². The normalized spacial score (nSPS) is 15.3. The second-order valence-corrected chi connectivity index (χ2v) is 9.02. The molecule has 0 radical (unpaired) electrons. The Labute approximate surface area is 168 Å². The molecule has 0 bridgehead atoms. The first-order chi connectivity index (χ1) is 13.5. The quantitative estimate of drug-likeness (QED) is 0.709. The highest BCUT2D eigenvalue weighted by Crippen LogP contribution is 2.21. The molecule has 0 atom stereocenters. The highest BCUT2D eigenvalue weighted by molar-refractivity contribution is 7.89. The number of hydrogen-bond acceptors (Lipinski definition) is 3. The monoisotopic (exact) mass is 400 g/mol. The smallest absolute Gasteiger partial charge is 0.243 e. The molecule has 6 heteroatoms. The molecule has 5 nitrogen and oxygen atoms in total. The lowest BCUT2D eigenvalue weighted by molar-refractivity contribution is -0.118. The second kappa shape index (κ2) is 9.34. The molecule has 1 aliphatic rings. The van der Waals surface area contributed by atoms with Gasteiger partial charge in [0.25, 0.3) is 0 Å². The Morgan fingerprint density at radius 1 is 0.964 bits per heavy atom. The predicted octanol–water partition coefficient (Wildman–Crippen LogP) is 3.85. The summed E-state index contributed by atoms with van der Waals surface area (Å²) < 4.78 is 27.0. The van der Waals surface area contributed by atoms with Crippen molar-refractivity contribution in [3.8, 4) is 0 Å². The number of para-hydroxylation sites is 1. The van der Waals surface area contributed by atoms with Crippen molar-refractivity contribution in [2.75, 3.05) is 24.5 Å². The molecule has 1 saturated heterocycles. The van der Waals surface area contributed by atoms with Gasteiger partial charge in [0.15, 0.2) is 0 Å². The van der Waals surface area contributed by atoms with Gasteiger partial charge >= 0.3 is 0 Å². The van der Waals surface area contributed by atoms with Gasteiger partial charge in [-0.15, -0.1) is 0 Å². The van der Waals surface area contributed by atoms with E-state index < -0.39 is 10.0 Å². The van der Waals surface area contributed by atoms with E-state index in [4.69, 9.17) is 0 Å². The second-order valence-electron chi connectivity index (χ2n) is 7.08. The van der Waals surface area contributed by atoms with Crippen LogP contribution < -0.4 is 4.90 Å². The molecule has 1 heterocycles. The highest BCUT2D eigenvalue weighted by atomic mass is 32.2. The Morgan fingerprint density at radius 2 is 1.61 bits per heavy atom. The summed E-state index contributed by atoms with van der Waals surface area (Å²) in [5, 5.41) is 0. The number of carbonyl (C=O) groups is 1. The lowest BCUT2D eigenvalue weighted by atomic mass is 10.1. The molecule has 0 aliphatic carbocycles. The van der Waals surface area contributed by atoms with E-state index in [1.807, 2.05) is 49.4 Å². The molecule has 0 spiro atoms. The molecule has 0 aromatic heterocycles. The SMILES string of the molecule is CCN(C(=O)CCc1ccc(S(=O)(=O)N2CCCCC2)cc1)c1ccccc1. The van der Waals surface area contributed by atoms with Crippen LogP contribution in [-0.4, -0.2) is 38.3 Å². The zero-order valence-electron chi connectivity index (χ0n) is 16.4. The maximum atomic E-state index is 12.7. The highest BCUT2D eigenvalue weighted by Gasteiger charge is 2.25. The van der Waals surface area contributed by atoms with E-state index in [-0.39, 0.29) is 5.91 Å². The number of benzene rings is 2. The van der Waals surface area contributed by atoms with Crippen LogP contribution in [0, 0.1) is 0 Å². The molecule has 2 aromatic carbocycles. The van der Waals surface area contributed by atoms with Gasteiger partial charge in [0.2, 0.25) is 15.9 Å². The lowest BCUT2D eigenvalue weighted by Crippen LogP contribution is -2.35. The number of piperidine rings is 1. The Balaban J connectivity index is 1.62. The fourth-order valence-electron chi connectivity index (χ4n) is 3.58. The Kier molecular flexibility index (Phi) is 6.86. The van der Waals surface area contributed by atoms with Gasteiger partial charge in [0.1, 0.15) is 0 Å². The summed E-state index contributed by atoms with van der Waals surface area (Å²) in [7, 11) is -3.41. The molecule has 1 amide bonds. The summed E-state index contributed by atoms with van der Waals surface area (Å²) in [5.41, 5.74) is 1.87. The fourth-order valence-corrected chi connectivity index (χ4v) is 5.10. The van der Waals surface area contributed by atoms with Crippen LogP contribution in [-0.2, 0) is 21.2 Å². The molecular formula is C22H28N2O3S. The van der Waals surface area contributed by atoms with Crippen molar-refractivity contribution in [1.82, 2.24) is 4.31 Å². The Hall–Kier alpha value is -2.18. The topological polar surface area (TPSA) is 57.7 Å². The number of aryl methyl sites for hydroxylation is 1. The molecule has 0 saturated carbocycles. The van der Waals surface area contributed by atoms with Gasteiger partial charge < -0.3 is 4.90 Å². The van der Waals surface area contributed by atoms with E-state index in [1.165, 1.54) is 0 Å². The molecule has 1 aliphatic heterocycles. The number of amides is 1. The first-order valence-corrected chi connectivity index (χ1v) is 11.4. The summed E-state index contributed by atoms with van der Waals surface area (Å²) >= 11 is 0. The molecule has 3 rings (SSSR count). The fraction of sp³-hybridized carbons (Fsp3) is 0.409. The summed E-state index contributed by atoms with van der Waals surface area (Å²) in [5.74, 6) is 0.0683. The average Bonchev–Trinajstić information content (AvgIpc) is 2.74. The van der Waals surface area contributed by atoms with Gasteiger partial charge in [-0.25, -0.2) is 8.42 Å². The Bertz CT molecular complexity index is 874. The summed E-state index contributed by atoms with van der Waals surface area (Å²) in [6.45, 7) is 3.79. The predicted molar refractivity (Wildman–Crippen MR) is 112 cm³/mol. The summed E-state index contributed by atoms with van der Waals surface area (Å²) in [6.07, 6.45) is 3.92. The molecule has 0 N–H and O–H groups in total. The van der Waals surface area contributed by atoms with Gasteiger partial charge in [0.05, 0.1) is 4.90 Å². The van der Waals surface area contributed by atoms with Crippen LogP contribution in [0.4, 0.5) is 5.69 Å². The van der Waals surface area contributed by atoms with Gasteiger partial charge in [0, 0.05) is 31.7 Å². The molecule has 0 unspecified atom stereocenters. The first kappa shape index (κ1) is 20.6. The van der Waals surface area contributed by atoms with E-state index in [0.717, 1.165) is 30.5 Å². The minimum Gasteiger partial charge on any atom is -0.313 e. The molecule has 28 heavy (non-hydrogen) atoms. The van der Waals surface area contributed by atoms with Crippen molar-refractivity contribution < 1.29 is 13.2 Å². The molecule has 150 valence electrons. The maximum Gasteiger partial charge on any atom is 0.243 e. The van der Waals surface area contributed by atoms with Crippen LogP contribution in [0.2, 0.25) is 0 Å². The van der Waals surface area contributed by atoms with E-state index in [0.29, 0.717) is 37.4 Å². The van der Waals surface area contributed by atoms with Crippen LogP contribution in [0.15, 0.2) is 59.5 Å². The Morgan fingerprint density at radius 3 is 2.21 bits per heavy atom. The van der Waals surface area contributed by atoms with Crippen molar-refractivity contribution in [3.05, 3.63) is 60.2 Å². The number of carbonyl (C=O) groups excluding carboxylic acids is 1. The average molecular weight is 401 g/mol. The number of sulfonamides is 1. The van der Waals surface area contributed by atoms with Crippen molar-refractivity contribution in [2.45, 2.75) is 43.9 Å². The van der Waals surface area contributed by atoms with Crippen LogP contribution in [0.3, 0.4) is 0 Å². The van der Waals surface area contributed by atoms with E-state index in [1.54, 1.807) is 21.3 Å². The summed E-state index contributed by atoms with van der Waals surface area (Å²) in [4.78, 5) is 14.7. The minimum atomic E-state index is -3.41. The lowest BCUT2D eigenvalue weighted by Gasteiger charge is -2.25. The van der Waals surface area contributed by atoms with Gasteiger partial charge in [-0.05, 0) is 56.0 Å². The maximum absolute atomic E-state index is 12.7. The van der Waals surface area contributed by atoms with Gasteiger partial charge in [-0.1, -0.05) is 36.8 Å². The van der Waals surface area contributed by atoms with E-state index >= 15 is 0 Å². The number of anilines is 1. The standard InChI is InChI=1S/C22H28N2O3S/c1-2-24(20-9-5-3-6-10-20)22(25)16-13-19-11-14-21(15-12-19)28(26,27)23-17-7-4-8-18-23/h3,5-6,9-12,14-15H,2,4,7-8,13,16-18H2,1H3. The van der Waals surface area contributed by atoms with E-state index in [9.17, 15) is 13.2 Å². The molecular weight excluding hydrogens is 372 g/mol. The van der Waals surface area contributed by atoms with Crippen molar-refractivity contribution in [2.24, 2.45) is 0 Å². The van der Waals surface area contributed by atoms with Crippen molar-refractivity contribution in [1.29, 1.82) is 0 Å². The summed E-state index contributed by atoms with van der Waals surface area (Å²) in [6, 6.07) is 16.6. The largest absolute Gasteiger partial charge is 0.313 e. The van der Waals surface area contributed by atoms with E-state index in [2.05, 4.69) is 0 Å². The minimum absolute atomic E-state index is 0.0683. The van der Waals surface area contributed by atoms with Gasteiger partial charge in [-0.3, -0.25) is 4.79 Å². The third-order valence-corrected chi connectivity index (χ3v) is 7.10. The van der Waals surface area contributed by atoms with Crippen LogP contribution in [0.1, 0.15) is 38.2 Å². The van der Waals surface area contributed by atoms with Crippen molar-refractivity contribution in [3.63, 3.8) is 0 Å². The number of hydrogen-bond donors (Lipinski definition) is 0. The van der Waals surface area contributed by atoms with Crippen LogP contribution in [0.5, 0.6) is 0 Å². The number of nitrogens with zero attached hydrogens (tertiary/aromatic N) is 2. The third-order valence-electron chi connectivity index (χ3n) is 5.19. The number of rotatable bonds is 7. The molecule has 2 aromatic rings. The third kappa shape index (κ3) is 4.80. The first-order valence-electron chi connectivity index (χ1n) is 9.97. The van der Waals surface area contributed by atoms with Crippen LogP contribution >= 0.6 is 0 Å². The zero-order valence-corrected chi connectivity index (χ0v) is 17.2.